The summed E-state index contributed by atoms with van der Waals surface area (Å²) in [6, 6.07) is 15.8. The minimum Gasteiger partial charge on any atom is -0.473 e. The molecule has 11 rings (SSSR count). The van der Waals surface area contributed by atoms with E-state index in [-0.39, 0.29) is 11.5 Å². The number of amides is 1. The molecule has 2 aromatic carbocycles. The van der Waals surface area contributed by atoms with Crippen molar-refractivity contribution < 1.29 is 18.3 Å². The average molecular weight is 976 g/mol. The van der Waals surface area contributed by atoms with E-state index in [1.807, 2.05) is 42.3 Å². The van der Waals surface area contributed by atoms with E-state index in [0.29, 0.717) is 64.9 Å². The van der Waals surface area contributed by atoms with Crippen LogP contribution in [-0.4, -0.2) is 111 Å². The molecule has 17 heteroatoms. The molecule has 0 bridgehead atoms. The summed E-state index contributed by atoms with van der Waals surface area (Å²) in [5, 5.41) is 23.7. The Morgan fingerprint density at radius 3 is 2.33 bits per heavy atom. The molecule has 0 unspecified atom stereocenters. The zero-order valence-electron chi connectivity index (χ0n) is 40.8. The van der Waals surface area contributed by atoms with Gasteiger partial charge in [-0.05, 0) is 138 Å². The van der Waals surface area contributed by atoms with E-state index in [1.54, 1.807) is 30.1 Å². The maximum atomic E-state index is 14.4. The fourth-order valence-corrected chi connectivity index (χ4v) is 12.0. The number of rotatable bonds is 8. The van der Waals surface area contributed by atoms with Gasteiger partial charge in [-0.15, -0.1) is 10.2 Å². The van der Waals surface area contributed by atoms with Gasteiger partial charge in [0.15, 0.2) is 11.6 Å². The number of piperidine rings is 2. The molecule has 3 aromatic heterocycles. The van der Waals surface area contributed by atoms with Crippen molar-refractivity contribution >= 4 is 40.5 Å². The second-order valence-corrected chi connectivity index (χ2v) is 20.9. The van der Waals surface area contributed by atoms with Crippen LogP contribution in [0.5, 0.6) is 5.88 Å². The largest absolute Gasteiger partial charge is 0.473 e. The topological polar surface area (TPSA) is 128 Å². The molecule has 0 radical (unpaired) electrons. The predicted octanol–water partition coefficient (Wildman–Crippen LogP) is 9.69. The van der Waals surface area contributed by atoms with Crippen LogP contribution in [0.1, 0.15) is 118 Å². The predicted molar refractivity (Wildman–Crippen MR) is 268 cm³/mol. The van der Waals surface area contributed by atoms with Gasteiger partial charge in [0.1, 0.15) is 12.2 Å². The van der Waals surface area contributed by atoms with Crippen LogP contribution >= 0.6 is 11.6 Å². The number of fused-ring (bicyclic) bond motifs is 2. The number of nitriles is 1. The van der Waals surface area contributed by atoms with Gasteiger partial charge in [-0.3, -0.25) is 9.48 Å². The monoisotopic (exact) mass is 975 g/mol. The Morgan fingerprint density at radius 1 is 0.886 bits per heavy atom. The molecule has 6 aliphatic rings. The zero-order chi connectivity index (χ0) is 48.5. The lowest BCUT2D eigenvalue weighted by molar-refractivity contribution is -0.129. The number of nitrogens with zero attached hydrogens (tertiary/aromatic N) is 12. The fraction of sp³-hybridized carbons (Fsp3) is 0.547. The first-order valence-corrected chi connectivity index (χ1v) is 25.8. The molecule has 0 N–H and O–H groups in total. The van der Waals surface area contributed by atoms with Gasteiger partial charge in [0.2, 0.25) is 11.8 Å². The van der Waals surface area contributed by atoms with Crippen molar-refractivity contribution in [3.05, 3.63) is 88.0 Å². The number of imidazole rings is 1. The number of benzene rings is 2. The molecule has 1 aliphatic carbocycles. The van der Waals surface area contributed by atoms with Gasteiger partial charge in [0, 0.05) is 106 Å². The molecule has 1 spiro atoms. The number of aryl methyl sites for hydroxylation is 2. The van der Waals surface area contributed by atoms with E-state index in [0.717, 1.165) is 131 Å². The summed E-state index contributed by atoms with van der Waals surface area (Å²) in [6.07, 6.45) is 15.2. The maximum Gasteiger partial charge on any atom is 0.264 e. The summed E-state index contributed by atoms with van der Waals surface area (Å²) in [6.45, 7) is 9.62. The average Bonchev–Trinajstić information content (AvgIpc) is 4.11. The Labute approximate surface area is 415 Å². The third-order valence-electron chi connectivity index (χ3n) is 15.9. The van der Waals surface area contributed by atoms with Crippen LogP contribution in [0.15, 0.2) is 55.0 Å². The van der Waals surface area contributed by atoms with Crippen LogP contribution in [0.2, 0.25) is 5.02 Å². The number of halogens is 3. The standard InChI is InChI=1S/C28H35F2N7O.C25H30ClN5O/c1-18(38)35-12-8-25-23(15-35)28(32-37(25)20-6-10-33(2)11-7-20)36-9-4-5-19-13-21(24-16-34(3)17-31-24)22(27(29)30)14-26(19)36;26-22-16-20(7-6-19(22)17-27)31-15-12-25(18-31)10-13-30(14-11-25)23-8-9-24(29-28-23)32-21-4-2-1-3-5-21/h13-14,16-17,20,27H,4-12,15H2,1-3H3;6-9,16,21H,1-5,10-15,18H2. The molecule has 8 heterocycles. The van der Waals surface area contributed by atoms with Gasteiger partial charge in [-0.25, -0.2) is 13.8 Å². The van der Waals surface area contributed by atoms with Crippen LogP contribution < -0.4 is 19.4 Å². The summed E-state index contributed by atoms with van der Waals surface area (Å²) >= 11 is 6.26. The van der Waals surface area contributed by atoms with Crippen molar-refractivity contribution in [2.75, 3.05) is 74.1 Å². The van der Waals surface area contributed by atoms with Gasteiger partial charge in [0.05, 0.1) is 35.2 Å². The number of ether oxygens (including phenoxy) is 1. The molecule has 1 amide bonds. The third kappa shape index (κ3) is 10.1. The van der Waals surface area contributed by atoms with E-state index in [9.17, 15) is 13.6 Å². The first kappa shape index (κ1) is 47.9. The molecular formula is C53H65ClF2N12O2. The normalized spacial score (nSPS) is 19.7. The van der Waals surface area contributed by atoms with Crippen LogP contribution in [0.4, 0.5) is 31.8 Å². The maximum absolute atomic E-state index is 14.4. The van der Waals surface area contributed by atoms with E-state index in [2.05, 4.69) is 58.6 Å². The van der Waals surface area contributed by atoms with E-state index in [4.69, 9.17) is 26.7 Å². The first-order chi connectivity index (χ1) is 33.9. The minimum absolute atomic E-state index is 0.0108. The number of alkyl halides is 2. The third-order valence-corrected chi connectivity index (χ3v) is 16.2. The van der Waals surface area contributed by atoms with Gasteiger partial charge >= 0.3 is 0 Å². The minimum atomic E-state index is -2.63. The van der Waals surface area contributed by atoms with Gasteiger partial charge in [-0.2, -0.15) is 10.4 Å². The lowest BCUT2D eigenvalue weighted by atomic mass is 9.78. The molecule has 5 aromatic rings. The quantitative estimate of drug-likeness (QED) is 0.148. The highest BCUT2D eigenvalue weighted by molar-refractivity contribution is 6.32. The molecule has 5 aliphatic heterocycles. The van der Waals surface area contributed by atoms with Gasteiger partial charge in [0.25, 0.3) is 6.43 Å². The number of anilines is 4. The summed E-state index contributed by atoms with van der Waals surface area (Å²) < 4.78 is 38.8. The van der Waals surface area contributed by atoms with E-state index >= 15 is 0 Å². The number of hydrogen-bond acceptors (Lipinski definition) is 11. The molecule has 14 nitrogen and oxygen atoms in total. The highest BCUT2D eigenvalue weighted by atomic mass is 35.5. The summed E-state index contributed by atoms with van der Waals surface area (Å²) in [7, 11) is 3.99. The Morgan fingerprint density at radius 2 is 1.66 bits per heavy atom. The number of carbonyl (C=O) groups excluding carboxylic acids is 1. The van der Waals surface area contributed by atoms with Crippen LogP contribution in [-0.2, 0) is 31.2 Å². The number of aromatic nitrogens is 6. The second-order valence-electron chi connectivity index (χ2n) is 20.5. The number of carbonyl (C=O) groups is 1. The first-order valence-electron chi connectivity index (χ1n) is 25.4. The molecule has 70 heavy (non-hydrogen) atoms. The Kier molecular flexibility index (Phi) is 14.0. The summed E-state index contributed by atoms with van der Waals surface area (Å²) in [5.74, 6) is 2.47. The van der Waals surface area contributed by atoms with Crippen LogP contribution in [0.3, 0.4) is 0 Å². The van der Waals surface area contributed by atoms with E-state index in [1.165, 1.54) is 31.4 Å². The van der Waals surface area contributed by atoms with Crippen molar-refractivity contribution in [3.63, 3.8) is 0 Å². The lowest BCUT2D eigenvalue weighted by Crippen LogP contribution is -2.42. The number of likely N-dealkylation sites (tertiary alicyclic amines) is 1. The Hall–Kier alpha value is -5.79. The van der Waals surface area contributed by atoms with Crippen LogP contribution in [0.25, 0.3) is 11.3 Å². The SMILES string of the molecule is CC(=O)N1CCc2c(c(N3CCCc4cc(-c5cn(C)cn5)c(C(F)F)cc43)nn2C2CCN(C)CC2)C1.N#Cc1ccc(N2CCC3(CCN(c4ccc(OC5CCCCC5)nn4)CC3)C2)cc1Cl. The van der Waals surface area contributed by atoms with Crippen molar-refractivity contribution in [2.24, 2.45) is 12.5 Å². The fourth-order valence-electron chi connectivity index (χ4n) is 11.7. The Balaban J connectivity index is 0.000000165. The molecular weight excluding hydrogens is 910 g/mol. The molecule has 3 saturated heterocycles. The zero-order valence-corrected chi connectivity index (χ0v) is 41.6. The second kappa shape index (κ2) is 20.5. The van der Waals surface area contributed by atoms with Gasteiger partial charge < -0.3 is 33.8 Å². The molecule has 1 saturated carbocycles. The molecule has 0 atom stereocenters. The smallest absolute Gasteiger partial charge is 0.264 e. The molecule has 4 fully saturated rings. The van der Waals surface area contributed by atoms with E-state index < -0.39 is 6.43 Å². The highest BCUT2D eigenvalue weighted by Gasteiger charge is 2.41. The summed E-state index contributed by atoms with van der Waals surface area (Å²) in [4.78, 5) is 27.8. The van der Waals surface area contributed by atoms with Crippen molar-refractivity contribution in [1.82, 2.24) is 39.3 Å². The summed E-state index contributed by atoms with van der Waals surface area (Å²) in [5.41, 5.74) is 7.11. The van der Waals surface area contributed by atoms with Crippen molar-refractivity contribution in [3.8, 4) is 23.2 Å². The van der Waals surface area contributed by atoms with Crippen LogP contribution in [0, 0.1) is 16.7 Å². The Bertz CT molecular complexity index is 2700. The van der Waals surface area contributed by atoms with Crippen molar-refractivity contribution in [1.29, 1.82) is 5.26 Å². The van der Waals surface area contributed by atoms with Gasteiger partial charge in [-0.1, -0.05) is 18.0 Å². The highest BCUT2D eigenvalue weighted by Crippen LogP contribution is 2.45. The van der Waals surface area contributed by atoms with Crippen molar-refractivity contribution in [2.45, 2.75) is 116 Å². The molecule has 370 valence electrons. The number of hydrogen-bond donors (Lipinski definition) is 0. The lowest BCUT2D eigenvalue weighted by Gasteiger charge is -2.39.